The zero-order chi connectivity index (χ0) is 13.8. The molecule has 2 heterocycles. The summed E-state index contributed by atoms with van der Waals surface area (Å²) in [5.41, 5.74) is 2.94. The molecule has 0 N–H and O–H groups in total. The number of nitrogens with zero attached hydrogens (tertiary/aromatic N) is 3. The van der Waals surface area contributed by atoms with E-state index in [0.717, 1.165) is 29.8 Å². The Hall–Kier alpha value is -1.48. The Morgan fingerprint density at radius 1 is 1.26 bits per heavy atom. The lowest BCUT2D eigenvalue weighted by atomic mass is 10.1. The Kier molecular flexibility index (Phi) is 4.48. The molecule has 0 aliphatic carbocycles. The second-order valence-electron chi connectivity index (χ2n) is 4.97. The molecule has 0 atom stereocenters. The van der Waals surface area contributed by atoms with Crippen molar-refractivity contribution in [1.29, 1.82) is 0 Å². The summed E-state index contributed by atoms with van der Waals surface area (Å²) < 4.78 is 0. The fourth-order valence-corrected chi connectivity index (χ4v) is 2.22. The van der Waals surface area contributed by atoms with Crippen LogP contribution in [0.2, 0.25) is 5.15 Å². The number of aromatic nitrogens is 3. The molecule has 2 rings (SSSR count). The van der Waals surface area contributed by atoms with Crippen LogP contribution < -0.4 is 0 Å². The molecule has 100 valence electrons. The zero-order valence-electron chi connectivity index (χ0n) is 11.5. The summed E-state index contributed by atoms with van der Waals surface area (Å²) in [6, 6.07) is 5.82. The fourth-order valence-electron chi connectivity index (χ4n) is 2.02. The normalized spacial score (nSPS) is 11.0. The molecule has 2 aromatic heterocycles. The highest BCUT2D eigenvalue weighted by atomic mass is 35.5. The maximum absolute atomic E-state index is 6.10. The summed E-state index contributed by atoms with van der Waals surface area (Å²) in [5, 5.41) is 0.480. The highest BCUT2D eigenvalue weighted by Crippen LogP contribution is 2.21. The molecule has 0 unspecified atom stereocenters. The first kappa shape index (κ1) is 13.9. The molecule has 19 heavy (non-hydrogen) atoms. The van der Waals surface area contributed by atoms with Crippen molar-refractivity contribution in [3.63, 3.8) is 0 Å². The predicted molar refractivity (Wildman–Crippen MR) is 78.2 cm³/mol. The second kappa shape index (κ2) is 6.11. The summed E-state index contributed by atoms with van der Waals surface area (Å²) >= 11 is 6.10. The quantitative estimate of drug-likeness (QED) is 0.793. The van der Waals surface area contributed by atoms with Crippen LogP contribution in [0.15, 0.2) is 24.4 Å². The van der Waals surface area contributed by atoms with E-state index in [4.69, 9.17) is 11.6 Å². The molecular weight excluding hydrogens is 258 g/mol. The van der Waals surface area contributed by atoms with Gasteiger partial charge in [0.15, 0.2) is 5.82 Å². The average molecular weight is 276 g/mol. The SMILES string of the molecule is CCc1cccnc1-c1nc(Cl)cc(CC(C)C)n1. The van der Waals surface area contributed by atoms with Crippen molar-refractivity contribution in [2.45, 2.75) is 33.6 Å². The van der Waals surface area contributed by atoms with E-state index < -0.39 is 0 Å². The van der Waals surface area contributed by atoms with Gasteiger partial charge in [0, 0.05) is 11.9 Å². The summed E-state index contributed by atoms with van der Waals surface area (Å²) in [5.74, 6) is 1.16. The molecule has 0 saturated carbocycles. The van der Waals surface area contributed by atoms with Crippen molar-refractivity contribution < 1.29 is 0 Å². The summed E-state index contributed by atoms with van der Waals surface area (Å²) in [6.45, 7) is 6.42. The van der Waals surface area contributed by atoms with Crippen LogP contribution in [0.3, 0.4) is 0 Å². The number of aryl methyl sites for hydroxylation is 1. The largest absolute Gasteiger partial charge is 0.253 e. The first-order valence-corrected chi connectivity index (χ1v) is 6.95. The van der Waals surface area contributed by atoms with Gasteiger partial charge in [0.05, 0.1) is 0 Å². The van der Waals surface area contributed by atoms with Gasteiger partial charge in [0.2, 0.25) is 0 Å². The van der Waals surface area contributed by atoms with Gasteiger partial charge < -0.3 is 0 Å². The highest BCUT2D eigenvalue weighted by Gasteiger charge is 2.11. The number of hydrogen-bond acceptors (Lipinski definition) is 3. The van der Waals surface area contributed by atoms with Gasteiger partial charge in [-0.15, -0.1) is 0 Å². The number of rotatable bonds is 4. The second-order valence-corrected chi connectivity index (χ2v) is 5.36. The molecule has 0 saturated heterocycles. The van der Waals surface area contributed by atoms with E-state index >= 15 is 0 Å². The van der Waals surface area contributed by atoms with Crippen LogP contribution in [0, 0.1) is 5.92 Å². The van der Waals surface area contributed by atoms with Crippen molar-refractivity contribution in [1.82, 2.24) is 15.0 Å². The van der Waals surface area contributed by atoms with E-state index in [1.165, 1.54) is 0 Å². The minimum atomic E-state index is 0.480. The van der Waals surface area contributed by atoms with Crippen LogP contribution in [-0.2, 0) is 12.8 Å². The molecule has 0 radical (unpaired) electrons. The minimum Gasteiger partial charge on any atom is -0.253 e. The fraction of sp³-hybridized carbons (Fsp3) is 0.400. The Bertz CT molecular complexity index is 567. The van der Waals surface area contributed by atoms with Gasteiger partial charge in [0.1, 0.15) is 10.8 Å². The van der Waals surface area contributed by atoms with Crippen molar-refractivity contribution in [2.24, 2.45) is 5.92 Å². The maximum atomic E-state index is 6.10. The van der Waals surface area contributed by atoms with Crippen molar-refractivity contribution in [3.05, 3.63) is 40.8 Å². The van der Waals surface area contributed by atoms with Gasteiger partial charge in [-0.05, 0) is 36.5 Å². The lowest BCUT2D eigenvalue weighted by Crippen LogP contribution is -2.03. The van der Waals surface area contributed by atoms with Gasteiger partial charge in [0.25, 0.3) is 0 Å². The molecule has 0 aromatic carbocycles. The molecule has 3 nitrogen and oxygen atoms in total. The van der Waals surface area contributed by atoms with Crippen molar-refractivity contribution >= 4 is 11.6 Å². The third-order valence-electron chi connectivity index (χ3n) is 2.85. The molecule has 0 bridgehead atoms. The Morgan fingerprint density at radius 2 is 2.05 bits per heavy atom. The molecule has 2 aromatic rings. The minimum absolute atomic E-state index is 0.480. The third-order valence-corrected chi connectivity index (χ3v) is 3.04. The van der Waals surface area contributed by atoms with Gasteiger partial charge in [-0.1, -0.05) is 38.4 Å². The highest BCUT2D eigenvalue weighted by molar-refractivity contribution is 6.29. The van der Waals surface area contributed by atoms with E-state index in [-0.39, 0.29) is 0 Å². The molecular formula is C15H18ClN3. The molecule has 4 heteroatoms. The van der Waals surface area contributed by atoms with Gasteiger partial charge in [-0.25, -0.2) is 9.97 Å². The first-order valence-electron chi connectivity index (χ1n) is 6.58. The number of halogens is 1. The van der Waals surface area contributed by atoms with Crippen LogP contribution in [0.5, 0.6) is 0 Å². The van der Waals surface area contributed by atoms with E-state index in [0.29, 0.717) is 16.9 Å². The van der Waals surface area contributed by atoms with E-state index in [1.54, 1.807) is 6.20 Å². The topological polar surface area (TPSA) is 38.7 Å². The zero-order valence-corrected chi connectivity index (χ0v) is 12.3. The molecule has 0 spiro atoms. The Labute approximate surface area is 119 Å². The van der Waals surface area contributed by atoms with E-state index in [1.807, 2.05) is 12.1 Å². The smallest absolute Gasteiger partial charge is 0.180 e. The summed E-state index contributed by atoms with van der Waals surface area (Å²) in [4.78, 5) is 13.3. The van der Waals surface area contributed by atoms with Crippen LogP contribution in [0.25, 0.3) is 11.5 Å². The maximum Gasteiger partial charge on any atom is 0.180 e. The first-order chi connectivity index (χ1) is 9.10. The lowest BCUT2D eigenvalue weighted by Gasteiger charge is -2.09. The summed E-state index contributed by atoms with van der Waals surface area (Å²) in [6.07, 6.45) is 3.56. The molecule has 0 fully saturated rings. The Balaban J connectivity index is 2.47. The van der Waals surface area contributed by atoms with Crippen LogP contribution >= 0.6 is 11.6 Å². The van der Waals surface area contributed by atoms with E-state index in [9.17, 15) is 0 Å². The lowest BCUT2D eigenvalue weighted by molar-refractivity contribution is 0.634. The monoisotopic (exact) mass is 275 g/mol. The molecule has 0 amide bonds. The van der Waals surface area contributed by atoms with Crippen LogP contribution in [-0.4, -0.2) is 15.0 Å². The van der Waals surface area contributed by atoms with Gasteiger partial charge in [-0.2, -0.15) is 0 Å². The van der Waals surface area contributed by atoms with Crippen molar-refractivity contribution in [3.8, 4) is 11.5 Å². The standard InChI is InChI=1S/C15H18ClN3/c1-4-11-6-5-7-17-14(11)15-18-12(8-10(2)3)9-13(16)19-15/h5-7,9-10H,4,8H2,1-3H3. The van der Waals surface area contributed by atoms with Crippen molar-refractivity contribution in [2.75, 3.05) is 0 Å². The van der Waals surface area contributed by atoms with E-state index in [2.05, 4.69) is 41.8 Å². The van der Waals surface area contributed by atoms with Crippen LogP contribution in [0.4, 0.5) is 0 Å². The van der Waals surface area contributed by atoms with Gasteiger partial charge in [-0.3, -0.25) is 4.98 Å². The molecule has 0 aliphatic rings. The Morgan fingerprint density at radius 3 is 2.74 bits per heavy atom. The third kappa shape index (κ3) is 3.51. The summed E-state index contributed by atoms with van der Waals surface area (Å²) in [7, 11) is 0. The number of pyridine rings is 1. The van der Waals surface area contributed by atoms with Gasteiger partial charge >= 0.3 is 0 Å². The number of hydrogen-bond donors (Lipinski definition) is 0. The van der Waals surface area contributed by atoms with Crippen LogP contribution in [0.1, 0.15) is 32.0 Å². The molecule has 0 aliphatic heterocycles. The predicted octanol–water partition coefficient (Wildman–Crippen LogP) is 3.95. The average Bonchev–Trinajstić information content (AvgIpc) is 2.37.